The quantitative estimate of drug-likeness (QED) is 0.560. The third-order valence-electron chi connectivity index (χ3n) is 1.79. The van der Waals surface area contributed by atoms with Crippen molar-refractivity contribution in [1.29, 1.82) is 0 Å². The molecule has 11 heavy (non-hydrogen) atoms. The number of allylic oxidation sites excluding steroid dienone is 1. The van der Waals surface area contributed by atoms with Crippen molar-refractivity contribution in [3.8, 4) is 0 Å². The van der Waals surface area contributed by atoms with E-state index in [1.165, 1.54) is 0 Å². The number of nitrogens with one attached hydrogen (secondary N) is 1. The molecule has 3 N–H and O–H groups in total. The first kappa shape index (κ1) is 8.27. The predicted molar refractivity (Wildman–Crippen MR) is 47.7 cm³/mol. The van der Waals surface area contributed by atoms with E-state index in [0.29, 0.717) is 6.04 Å². The van der Waals surface area contributed by atoms with Crippen LogP contribution in [0.25, 0.3) is 0 Å². The van der Waals surface area contributed by atoms with Crippen LogP contribution in [0.2, 0.25) is 0 Å². The molecule has 0 aliphatic carbocycles. The zero-order chi connectivity index (χ0) is 8.10. The molecule has 1 aliphatic heterocycles. The number of nitrogens with two attached hydrogens (primary N) is 1. The van der Waals surface area contributed by atoms with E-state index >= 15 is 0 Å². The fourth-order valence-corrected chi connectivity index (χ4v) is 1.03. The highest BCUT2D eigenvalue weighted by molar-refractivity contribution is 5.77. The molecule has 1 unspecified atom stereocenters. The van der Waals surface area contributed by atoms with Crippen molar-refractivity contribution in [2.45, 2.75) is 19.4 Å². The van der Waals surface area contributed by atoms with Crippen molar-refractivity contribution in [3.63, 3.8) is 0 Å². The van der Waals surface area contributed by atoms with Crippen LogP contribution < -0.4 is 11.1 Å². The van der Waals surface area contributed by atoms with Crippen LogP contribution in [0.4, 0.5) is 0 Å². The summed E-state index contributed by atoms with van der Waals surface area (Å²) in [5.74, 6) is 0. The lowest BCUT2D eigenvalue weighted by Gasteiger charge is -1.98. The first-order chi connectivity index (χ1) is 5.33. The lowest BCUT2D eigenvalue weighted by molar-refractivity contribution is 0.748. The van der Waals surface area contributed by atoms with Crippen molar-refractivity contribution in [2.75, 3.05) is 13.1 Å². The Bertz CT molecular complexity index is 166. The van der Waals surface area contributed by atoms with E-state index in [2.05, 4.69) is 10.3 Å². The summed E-state index contributed by atoms with van der Waals surface area (Å²) in [6.45, 7) is 4.05. The SMILES string of the molecule is C/C(C=NC1CCNC1)=C/N. The summed E-state index contributed by atoms with van der Waals surface area (Å²) in [5, 5.41) is 3.25. The van der Waals surface area contributed by atoms with E-state index in [9.17, 15) is 0 Å². The van der Waals surface area contributed by atoms with Crippen LogP contribution in [0, 0.1) is 0 Å². The standard InChI is InChI=1S/C8H15N3/c1-7(4-9)5-11-8-2-3-10-6-8/h4-5,8,10H,2-3,6,9H2,1H3/b7-4-,11-5?. The molecule has 1 aliphatic rings. The molecule has 1 saturated heterocycles. The van der Waals surface area contributed by atoms with Gasteiger partial charge in [-0.2, -0.15) is 0 Å². The van der Waals surface area contributed by atoms with Gasteiger partial charge in [0, 0.05) is 12.8 Å². The van der Waals surface area contributed by atoms with Gasteiger partial charge < -0.3 is 11.1 Å². The van der Waals surface area contributed by atoms with Crippen molar-refractivity contribution >= 4 is 6.21 Å². The Morgan fingerprint density at radius 3 is 3.09 bits per heavy atom. The molecule has 0 bridgehead atoms. The molecule has 0 saturated carbocycles. The summed E-state index contributed by atoms with van der Waals surface area (Å²) in [6, 6.07) is 0.463. The van der Waals surface area contributed by atoms with Gasteiger partial charge in [0.25, 0.3) is 0 Å². The van der Waals surface area contributed by atoms with E-state index in [1.54, 1.807) is 6.20 Å². The summed E-state index contributed by atoms with van der Waals surface area (Å²) in [6.07, 6.45) is 4.57. The molecule has 1 heterocycles. The highest BCUT2D eigenvalue weighted by atomic mass is 15.0. The molecular formula is C8H15N3. The maximum atomic E-state index is 5.29. The number of hydrogen-bond donors (Lipinski definition) is 2. The minimum atomic E-state index is 0.463. The molecule has 3 nitrogen and oxygen atoms in total. The summed E-state index contributed by atoms with van der Waals surface area (Å²) < 4.78 is 0. The lowest BCUT2D eigenvalue weighted by atomic mass is 10.3. The van der Waals surface area contributed by atoms with E-state index < -0.39 is 0 Å². The Labute approximate surface area is 67.4 Å². The smallest absolute Gasteiger partial charge is 0.0636 e. The molecule has 0 aromatic carbocycles. The maximum Gasteiger partial charge on any atom is 0.0636 e. The van der Waals surface area contributed by atoms with Gasteiger partial charge in [0.05, 0.1) is 6.04 Å². The molecule has 1 rings (SSSR count). The number of hydrogen-bond acceptors (Lipinski definition) is 3. The third kappa shape index (κ3) is 2.72. The first-order valence-corrected chi connectivity index (χ1v) is 3.95. The monoisotopic (exact) mass is 153 g/mol. The highest BCUT2D eigenvalue weighted by Crippen LogP contribution is 2.01. The molecule has 0 amide bonds. The Balaban J connectivity index is 2.33. The van der Waals surface area contributed by atoms with Gasteiger partial charge in [-0.05, 0) is 31.7 Å². The molecule has 0 spiro atoms. The van der Waals surface area contributed by atoms with Gasteiger partial charge in [-0.3, -0.25) is 4.99 Å². The van der Waals surface area contributed by atoms with Gasteiger partial charge in [-0.1, -0.05) is 0 Å². The van der Waals surface area contributed by atoms with Crippen LogP contribution in [-0.4, -0.2) is 25.3 Å². The van der Waals surface area contributed by atoms with Gasteiger partial charge in [-0.15, -0.1) is 0 Å². The second-order valence-electron chi connectivity index (χ2n) is 2.84. The molecule has 0 aromatic heterocycles. The number of aliphatic imine (C=N–C) groups is 1. The average Bonchev–Trinajstić information content (AvgIpc) is 2.52. The van der Waals surface area contributed by atoms with Crippen LogP contribution >= 0.6 is 0 Å². The minimum absolute atomic E-state index is 0.463. The zero-order valence-electron chi connectivity index (χ0n) is 6.88. The van der Waals surface area contributed by atoms with Crippen molar-refractivity contribution in [2.24, 2.45) is 10.7 Å². The number of rotatable bonds is 2. The Hall–Kier alpha value is -0.830. The van der Waals surface area contributed by atoms with Crippen LogP contribution in [0.5, 0.6) is 0 Å². The van der Waals surface area contributed by atoms with Crippen LogP contribution in [0.1, 0.15) is 13.3 Å². The molecule has 1 fully saturated rings. The normalized spacial score (nSPS) is 26.6. The highest BCUT2D eigenvalue weighted by Gasteiger charge is 2.10. The molecular weight excluding hydrogens is 138 g/mol. The fourth-order valence-electron chi connectivity index (χ4n) is 1.03. The first-order valence-electron chi connectivity index (χ1n) is 3.95. The summed E-state index contributed by atoms with van der Waals surface area (Å²) in [5.41, 5.74) is 6.31. The van der Waals surface area contributed by atoms with E-state index in [1.807, 2.05) is 13.1 Å². The van der Waals surface area contributed by atoms with Gasteiger partial charge in [0.15, 0.2) is 0 Å². The minimum Gasteiger partial charge on any atom is -0.404 e. The molecule has 1 atom stereocenters. The molecule has 0 aromatic rings. The fraction of sp³-hybridized carbons (Fsp3) is 0.625. The Morgan fingerprint density at radius 1 is 1.73 bits per heavy atom. The maximum absolute atomic E-state index is 5.29. The summed E-state index contributed by atoms with van der Waals surface area (Å²) in [7, 11) is 0. The topological polar surface area (TPSA) is 50.4 Å². The van der Waals surface area contributed by atoms with E-state index in [-0.39, 0.29) is 0 Å². The van der Waals surface area contributed by atoms with Gasteiger partial charge in [-0.25, -0.2) is 0 Å². The second-order valence-corrected chi connectivity index (χ2v) is 2.84. The summed E-state index contributed by atoms with van der Waals surface area (Å²) >= 11 is 0. The van der Waals surface area contributed by atoms with Crippen LogP contribution in [0.3, 0.4) is 0 Å². The Kier molecular flexibility index (Phi) is 3.11. The second kappa shape index (κ2) is 4.13. The molecule has 62 valence electrons. The van der Waals surface area contributed by atoms with Gasteiger partial charge in [0.2, 0.25) is 0 Å². The van der Waals surface area contributed by atoms with Crippen LogP contribution in [-0.2, 0) is 0 Å². The Morgan fingerprint density at radius 2 is 2.55 bits per heavy atom. The summed E-state index contributed by atoms with van der Waals surface area (Å²) in [4.78, 5) is 4.36. The van der Waals surface area contributed by atoms with Gasteiger partial charge in [0.1, 0.15) is 0 Å². The van der Waals surface area contributed by atoms with Crippen molar-refractivity contribution in [1.82, 2.24) is 5.32 Å². The van der Waals surface area contributed by atoms with Crippen molar-refractivity contribution < 1.29 is 0 Å². The van der Waals surface area contributed by atoms with E-state index in [0.717, 1.165) is 25.1 Å². The average molecular weight is 153 g/mol. The van der Waals surface area contributed by atoms with Crippen molar-refractivity contribution in [3.05, 3.63) is 11.8 Å². The lowest BCUT2D eigenvalue weighted by Crippen LogP contribution is -2.11. The molecule has 3 heteroatoms. The largest absolute Gasteiger partial charge is 0.404 e. The number of nitrogens with zero attached hydrogens (tertiary/aromatic N) is 1. The predicted octanol–water partition coefficient (Wildman–Crippen LogP) is 0.282. The molecule has 0 radical (unpaired) electrons. The third-order valence-corrected chi connectivity index (χ3v) is 1.79. The zero-order valence-corrected chi connectivity index (χ0v) is 6.88. The van der Waals surface area contributed by atoms with Gasteiger partial charge >= 0.3 is 0 Å². The van der Waals surface area contributed by atoms with Crippen LogP contribution in [0.15, 0.2) is 16.8 Å². The van der Waals surface area contributed by atoms with E-state index in [4.69, 9.17) is 5.73 Å².